The van der Waals surface area contributed by atoms with Crippen LogP contribution in [0.1, 0.15) is 17.2 Å². The van der Waals surface area contributed by atoms with Gasteiger partial charge in [0.15, 0.2) is 0 Å². The van der Waals surface area contributed by atoms with E-state index in [-0.39, 0.29) is 5.82 Å². The van der Waals surface area contributed by atoms with E-state index in [2.05, 4.69) is 0 Å². The molecule has 0 amide bonds. The van der Waals surface area contributed by atoms with Crippen molar-refractivity contribution in [3.05, 3.63) is 65.5 Å². The van der Waals surface area contributed by atoms with Crippen molar-refractivity contribution in [2.45, 2.75) is 6.10 Å². The minimum atomic E-state index is -0.846. The fourth-order valence-electron chi connectivity index (χ4n) is 1.68. The molecule has 0 bridgehead atoms. The molecule has 0 saturated heterocycles. The molecule has 0 unspecified atom stereocenters. The third-order valence-electron chi connectivity index (χ3n) is 2.57. The van der Waals surface area contributed by atoms with Gasteiger partial charge in [0.1, 0.15) is 17.7 Å². The number of rotatable bonds is 3. The average molecular weight is 232 g/mol. The van der Waals surface area contributed by atoms with Gasteiger partial charge in [-0.3, -0.25) is 0 Å². The second-order valence-corrected chi connectivity index (χ2v) is 3.73. The van der Waals surface area contributed by atoms with E-state index in [1.54, 1.807) is 43.5 Å². The largest absolute Gasteiger partial charge is 0.497 e. The summed E-state index contributed by atoms with van der Waals surface area (Å²) in [5.41, 5.74) is 1.20. The molecule has 0 aliphatic rings. The summed E-state index contributed by atoms with van der Waals surface area (Å²) in [6.07, 6.45) is -0.846. The van der Waals surface area contributed by atoms with Crippen LogP contribution in [0.2, 0.25) is 0 Å². The number of benzene rings is 2. The topological polar surface area (TPSA) is 29.5 Å². The smallest absolute Gasteiger partial charge is 0.123 e. The summed E-state index contributed by atoms with van der Waals surface area (Å²) in [7, 11) is 1.56. The maximum absolute atomic E-state index is 13.1. The molecule has 0 heterocycles. The van der Waals surface area contributed by atoms with Crippen molar-refractivity contribution < 1.29 is 14.2 Å². The van der Waals surface area contributed by atoms with Crippen molar-refractivity contribution in [2.24, 2.45) is 0 Å². The van der Waals surface area contributed by atoms with Crippen LogP contribution < -0.4 is 4.74 Å². The van der Waals surface area contributed by atoms with E-state index in [9.17, 15) is 9.50 Å². The van der Waals surface area contributed by atoms with E-state index >= 15 is 0 Å². The van der Waals surface area contributed by atoms with Crippen LogP contribution in [0.4, 0.5) is 4.39 Å². The van der Waals surface area contributed by atoms with Gasteiger partial charge >= 0.3 is 0 Å². The molecular weight excluding hydrogens is 219 g/mol. The number of ether oxygens (including phenoxy) is 1. The van der Waals surface area contributed by atoms with Gasteiger partial charge in [0.05, 0.1) is 7.11 Å². The Labute approximate surface area is 99.3 Å². The van der Waals surface area contributed by atoms with Crippen molar-refractivity contribution in [3.63, 3.8) is 0 Å². The van der Waals surface area contributed by atoms with Gasteiger partial charge in [-0.15, -0.1) is 0 Å². The van der Waals surface area contributed by atoms with E-state index in [4.69, 9.17) is 4.74 Å². The third-order valence-corrected chi connectivity index (χ3v) is 2.57. The summed E-state index contributed by atoms with van der Waals surface area (Å²) in [4.78, 5) is 0. The van der Waals surface area contributed by atoms with Crippen molar-refractivity contribution in [1.29, 1.82) is 0 Å². The molecule has 3 heteroatoms. The molecular formula is C14H13FO2. The van der Waals surface area contributed by atoms with Crippen LogP contribution in [0.15, 0.2) is 48.5 Å². The van der Waals surface area contributed by atoms with Crippen LogP contribution in [0.3, 0.4) is 0 Å². The molecule has 0 aliphatic carbocycles. The fourth-order valence-corrected chi connectivity index (χ4v) is 1.68. The van der Waals surface area contributed by atoms with Gasteiger partial charge in [0.2, 0.25) is 0 Å². The van der Waals surface area contributed by atoms with Crippen molar-refractivity contribution in [2.75, 3.05) is 7.11 Å². The minimum absolute atomic E-state index is 0.357. The maximum atomic E-state index is 13.1. The van der Waals surface area contributed by atoms with Crippen LogP contribution in [0.5, 0.6) is 5.75 Å². The van der Waals surface area contributed by atoms with Gasteiger partial charge in [-0.25, -0.2) is 4.39 Å². The highest BCUT2D eigenvalue weighted by Crippen LogP contribution is 2.25. The standard InChI is InChI=1S/C14H13FO2/c1-17-13-7-3-5-11(9-13)14(16)10-4-2-6-12(15)8-10/h2-9,14,16H,1H3/t14-/m1/s1. The lowest BCUT2D eigenvalue weighted by molar-refractivity contribution is 0.219. The monoisotopic (exact) mass is 232 g/mol. The molecule has 2 rings (SSSR count). The van der Waals surface area contributed by atoms with Gasteiger partial charge in [-0.2, -0.15) is 0 Å². The summed E-state index contributed by atoms with van der Waals surface area (Å²) in [6.45, 7) is 0. The summed E-state index contributed by atoms with van der Waals surface area (Å²) >= 11 is 0. The van der Waals surface area contributed by atoms with E-state index in [0.717, 1.165) is 0 Å². The van der Waals surface area contributed by atoms with E-state index in [1.807, 2.05) is 0 Å². The summed E-state index contributed by atoms with van der Waals surface area (Å²) in [5, 5.41) is 10.1. The zero-order chi connectivity index (χ0) is 12.3. The van der Waals surface area contributed by atoms with Crippen molar-refractivity contribution in [3.8, 4) is 5.75 Å². The number of aliphatic hydroxyl groups excluding tert-OH is 1. The molecule has 0 saturated carbocycles. The second-order valence-electron chi connectivity index (χ2n) is 3.73. The quantitative estimate of drug-likeness (QED) is 0.881. The Balaban J connectivity index is 2.33. The summed E-state index contributed by atoms with van der Waals surface area (Å²) in [5.74, 6) is 0.308. The Morgan fingerprint density at radius 1 is 1.06 bits per heavy atom. The number of halogens is 1. The Morgan fingerprint density at radius 2 is 1.71 bits per heavy atom. The Kier molecular flexibility index (Phi) is 3.40. The highest BCUT2D eigenvalue weighted by atomic mass is 19.1. The Bertz CT molecular complexity index is 511. The lowest BCUT2D eigenvalue weighted by Gasteiger charge is -2.12. The van der Waals surface area contributed by atoms with Crippen molar-refractivity contribution >= 4 is 0 Å². The first-order valence-corrected chi connectivity index (χ1v) is 5.28. The molecule has 0 spiro atoms. The molecule has 0 aromatic heterocycles. The lowest BCUT2D eigenvalue weighted by atomic mass is 10.0. The Hall–Kier alpha value is -1.87. The van der Waals surface area contributed by atoms with E-state index in [1.165, 1.54) is 12.1 Å². The van der Waals surface area contributed by atoms with E-state index < -0.39 is 6.10 Å². The lowest BCUT2D eigenvalue weighted by Crippen LogP contribution is -2.00. The molecule has 2 nitrogen and oxygen atoms in total. The summed E-state index contributed by atoms with van der Waals surface area (Å²) < 4.78 is 18.1. The second kappa shape index (κ2) is 4.97. The molecule has 17 heavy (non-hydrogen) atoms. The Morgan fingerprint density at radius 3 is 2.35 bits per heavy atom. The first kappa shape index (κ1) is 11.6. The zero-order valence-electron chi connectivity index (χ0n) is 9.43. The van der Waals surface area contributed by atoms with Crippen molar-refractivity contribution in [1.82, 2.24) is 0 Å². The normalized spacial score (nSPS) is 12.2. The van der Waals surface area contributed by atoms with Gasteiger partial charge < -0.3 is 9.84 Å². The van der Waals surface area contributed by atoms with Crippen LogP contribution in [0, 0.1) is 5.82 Å². The maximum Gasteiger partial charge on any atom is 0.123 e. The van der Waals surface area contributed by atoms with Crippen LogP contribution in [-0.4, -0.2) is 12.2 Å². The SMILES string of the molecule is COc1cccc([C@H](O)c2cccc(F)c2)c1. The molecule has 1 atom stereocenters. The van der Waals surface area contributed by atoms with Crippen LogP contribution >= 0.6 is 0 Å². The van der Waals surface area contributed by atoms with Gasteiger partial charge in [-0.05, 0) is 35.4 Å². The van der Waals surface area contributed by atoms with Gasteiger partial charge in [0.25, 0.3) is 0 Å². The number of aliphatic hydroxyl groups is 1. The third kappa shape index (κ3) is 2.63. The molecule has 2 aromatic rings. The highest BCUT2D eigenvalue weighted by molar-refractivity contribution is 5.35. The zero-order valence-corrected chi connectivity index (χ0v) is 9.43. The predicted molar refractivity (Wildman–Crippen MR) is 63.5 cm³/mol. The highest BCUT2D eigenvalue weighted by Gasteiger charge is 2.11. The average Bonchev–Trinajstić information content (AvgIpc) is 2.38. The first-order valence-electron chi connectivity index (χ1n) is 5.28. The fraction of sp³-hybridized carbons (Fsp3) is 0.143. The molecule has 0 fully saturated rings. The molecule has 0 aliphatic heterocycles. The predicted octanol–water partition coefficient (Wildman–Crippen LogP) is 2.92. The molecule has 2 aromatic carbocycles. The minimum Gasteiger partial charge on any atom is -0.497 e. The molecule has 1 N–H and O–H groups in total. The number of methoxy groups -OCH3 is 1. The summed E-state index contributed by atoms with van der Waals surface area (Å²) in [6, 6.07) is 13.0. The first-order chi connectivity index (χ1) is 8.20. The molecule has 0 radical (unpaired) electrons. The van der Waals surface area contributed by atoms with Crippen LogP contribution in [0.25, 0.3) is 0 Å². The number of hydrogen-bond acceptors (Lipinski definition) is 2. The van der Waals surface area contributed by atoms with Gasteiger partial charge in [-0.1, -0.05) is 24.3 Å². The number of hydrogen-bond donors (Lipinski definition) is 1. The van der Waals surface area contributed by atoms with E-state index in [0.29, 0.717) is 16.9 Å². The van der Waals surface area contributed by atoms with Gasteiger partial charge in [0, 0.05) is 0 Å². The van der Waals surface area contributed by atoms with Crippen LogP contribution in [-0.2, 0) is 0 Å². The molecule has 88 valence electrons.